The van der Waals surface area contributed by atoms with Gasteiger partial charge in [-0.1, -0.05) is 11.6 Å². The molecule has 10 heteroatoms. The minimum absolute atomic E-state index is 0.128. The van der Waals surface area contributed by atoms with Crippen molar-refractivity contribution in [1.82, 2.24) is 9.97 Å². The number of halogens is 1. The first-order valence-electron chi connectivity index (χ1n) is 7.39. The topological polar surface area (TPSA) is 98.4 Å². The summed E-state index contributed by atoms with van der Waals surface area (Å²) in [5, 5.41) is 8.21. The van der Waals surface area contributed by atoms with E-state index in [4.69, 9.17) is 21.5 Å². The van der Waals surface area contributed by atoms with Crippen LogP contribution in [0.25, 0.3) is 0 Å². The molecular weight excluding hydrogens is 372 g/mol. The van der Waals surface area contributed by atoms with Crippen molar-refractivity contribution < 1.29 is 13.2 Å². The second-order valence-electron chi connectivity index (χ2n) is 5.56. The van der Waals surface area contributed by atoms with E-state index in [1.807, 2.05) is 11.6 Å². The number of hydrogen-bond acceptors (Lipinski definition) is 7. The largest absolute Gasteiger partial charge is 0.476 e. The van der Waals surface area contributed by atoms with Gasteiger partial charge in [-0.2, -0.15) is 0 Å². The molecule has 7 nitrogen and oxygen atoms in total. The van der Waals surface area contributed by atoms with Crippen molar-refractivity contribution in [2.45, 2.75) is 17.7 Å². The minimum atomic E-state index is -3.82. The van der Waals surface area contributed by atoms with E-state index in [2.05, 4.69) is 14.9 Å². The molecule has 1 fully saturated rings. The zero-order valence-corrected chi connectivity index (χ0v) is 15.1. The van der Waals surface area contributed by atoms with Gasteiger partial charge in [-0.15, -0.1) is 11.3 Å². The van der Waals surface area contributed by atoms with Crippen molar-refractivity contribution in [2.75, 3.05) is 24.6 Å². The Balaban J connectivity index is 1.54. The summed E-state index contributed by atoms with van der Waals surface area (Å²) in [7, 11) is -3.82. The normalized spacial score (nSPS) is 16.3. The van der Waals surface area contributed by atoms with Gasteiger partial charge >= 0.3 is 0 Å². The number of hydrogen-bond donors (Lipinski definition) is 1. The average molecular weight is 389 g/mol. The number of primary sulfonamides is 1. The highest BCUT2D eigenvalue weighted by Gasteiger charge is 2.22. The molecule has 3 rings (SSSR count). The summed E-state index contributed by atoms with van der Waals surface area (Å²) in [5.74, 6) is 0.628. The van der Waals surface area contributed by atoms with Crippen molar-refractivity contribution in [2.24, 2.45) is 11.1 Å². The minimum Gasteiger partial charge on any atom is -0.476 e. The summed E-state index contributed by atoms with van der Waals surface area (Å²) in [6, 6.07) is 1.25. The summed E-state index contributed by atoms with van der Waals surface area (Å²) in [6.07, 6.45) is 4.95. The zero-order chi connectivity index (χ0) is 17.2. The van der Waals surface area contributed by atoms with Crippen LogP contribution in [-0.2, 0) is 10.0 Å². The molecule has 2 aromatic heterocycles. The average Bonchev–Trinajstić information content (AvgIpc) is 3.08. The first-order valence-corrected chi connectivity index (χ1v) is 10.2. The predicted molar refractivity (Wildman–Crippen MR) is 93.2 cm³/mol. The van der Waals surface area contributed by atoms with E-state index in [9.17, 15) is 8.42 Å². The molecule has 1 aliphatic heterocycles. The van der Waals surface area contributed by atoms with E-state index in [1.54, 1.807) is 11.3 Å². The molecule has 24 heavy (non-hydrogen) atoms. The molecule has 0 amide bonds. The lowest BCUT2D eigenvalue weighted by molar-refractivity contribution is 0.216. The van der Waals surface area contributed by atoms with E-state index in [0.717, 1.165) is 37.3 Å². The number of ether oxygens (including phenoxy) is 1. The molecule has 3 heterocycles. The number of anilines is 1. The number of nitrogens with zero attached hydrogens (tertiary/aromatic N) is 3. The van der Waals surface area contributed by atoms with Crippen LogP contribution in [0.2, 0.25) is 5.02 Å². The molecule has 1 aliphatic rings. The third-order valence-electron chi connectivity index (χ3n) is 3.87. The second-order valence-corrected chi connectivity index (χ2v) is 8.40. The Morgan fingerprint density at radius 3 is 2.71 bits per heavy atom. The monoisotopic (exact) mass is 388 g/mol. The first-order chi connectivity index (χ1) is 11.4. The summed E-state index contributed by atoms with van der Waals surface area (Å²) in [4.78, 5) is 10.4. The van der Waals surface area contributed by atoms with Crippen LogP contribution in [0.3, 0.4) is 0 Å². The van der Waals surface area contributed by atoms with Crippen molar-refractivity contribution in [3.63, 3.8) is 0 Å². The van der Waals surface area contributed by atoms with Gasteiger partial charge in [0, 0.05) is 24.7 Å². The standard InChI is InChI=1S/C14H17ClN4O3S2/c15-12-7-11(24(16,20)21)8-18-13(12)22-9-10-1-4-19(5-2-10)14-17-3-6-23-14/h3,6-8,10H,1-2,4-5,9H2,(H2,16,20,21). The molecule has 0 saturated carbocycles. The van der Waals surface area contributed by atoms with Crippen LogP contribution >= 0.6 is 22.9 Å². The van der Waals surface area contributed by atoms with Crippen LogP contribution in [0.1, 0.15) is 12.8 Å². The maximum absolute atomic E-state index is 11.3. The molecule has 0 unspecified atom stereocenters. The second kappa shape index (κ2) is 7.22. The molecule has 1 saturated heterocycles. The fraction of sp³-hybridized carbons (Fsp3) is 0.429. The van der Waals surface area contributed by atoms with Crippen LogP contribution in [0.15, 0.2) is 28.7 Å². The number of rotatable bonds is 5. The third kappa shape index (κ3) is 4.15. The Morgan fingerprint density at radius 2 is 2.12 bits per heavy atom. The van der Waals surface area contributed by atoms with E-state index >= 15 is 0 Å². The van der Waals surface area contributed by atoms with Gasteiger partial charge in [0.25, 0.3) is 0 Å². The summed E-state index contributed by atoms with van der Waals surface area (Å²) >= 11 is 7.66. The van der Waals surface area contributed by atoms with Gasteiger partial charge in [-0.25, -0.2) is 23.5 Å². The van der Waals surface area contributed by atoms with Gasteiger partial charge in [0.1, 0.15) is 9.92 Å². The van der Waals surface area contributed by atoms with E-state index in [0.29, 0.717) is 12.5 Å². The van der Waals surface area contributed by atoms with E-state index in [-0.39, 0.29) is 15.8 Å². The number of nitrogens with two attached hydrogens (primary N) is 1. The molecule has 2 N–H and O–H groups in total. The molecule has 0 bridgehead atoms. The van der Waals surface area contributed by atoms with Gasteiger partial charge in [0.2, 0.25) is 15.9 Å². The van der Waals surface area contributed by atoms with E-state index in [1.165, 1.54) is 6.07 Å². The molecule has 0 radical (unpaired) electrons. The molecule has 2 aromatic rings. The predicted octanol–water partition coefficient (Wildman–Crippen LogP) is 2.13. The number of piperidine rings is 1. The number of sulfonamides is 1. The lowest BCUT2D eigenvalue weighted by Gasteiger charge is -2.31. The fourth-order valence-corrected chi connectivity index (χ4v) is 3.99. The van der Waals surface area contributed by atoms with Crippen molar-refractivity contribution in [3.05, 3.63) is 28.9 Å². The van der Waals surface area contributed by atoms with E-state index < -0.39 is 10.0 Å². The number of pyridine rings is 1. The van der Waals surface area contributed by atoms with Gasteiger partial charge in [-0.3, -0.25) is 0 Å². The maximum atomic E-state index is 11.3. The Morgan fingerprint density at radius 1 is 1.38 bits per heavy atom. The van der Waals surface area contributed by atoms with Crippen molar-refractivity contribution >= 4 is 38.1 Å². The van der Waals surface area contributed by atoms with Crippen molar-refractivity contribution in [1.29, 1.82) is 0 Å². The number of aromatic nitrogens is 2. The molecular formula is C14H17ClN4O3S2. The van der Waals surface area contributed by atoms with Gasteiger partial charge < -0.3 is 9.64 Å². The van der Waals surface area contributed by atoms with Gasteiger partial charge in [0.15, 0.2) is 5.13 Å². The smallest absolute Gasteiger partial charge is 0.239 e. The highest BCUT2D eigenvalue weighted by Crippen LogP contribution is 2.27. The fourth-order valence-electron chi connectivity index (χ4n) is 2.53. The zero-order valence-electron chi connectivity index (χ0n) is 12.8. The van der Waals surface area contributed by atoms with Crippen LogP contribution < -0.4 is 14.8 Å². The summed E-state index contributed by atoms with van der Waals surface area (Å²) < 4.78 is 28.2. The molecule has 0 aromatic carbocycles. The highest BCUT2D eigenvalue weighted by molar-refractivity contribution is 7.89. The van der Waals surface area contributed by atoms with Crippen LogP contribution in [0, 0.1) is 5.92 Å². The lowest BCUT2D eigenvalue weighted by atomic mass is 9.98. The Labute approximate surface area is 149 Å². The molecule has 130 valence electrons. The molecule has 0 aliphatic carbocycles. The van der Waals surface area contributed by atoms with Crippen LogP contribution in [0.5, 0.6) is 5.88 Å². The van der Waals surface area contributed by atoms with Gasteiger partial charge in [0.05, 0.1) is 12.8 Å². The SMILES string of the molecule is NS(=O)(=O)c1cnc(OCC2CCN(c3nccs3)CC2)c(Cl)c1. The molecule has 0 spiro atoms. The van der Waals surface area contributed by atoms with Crippen LogP contribution in [-0.4, -0.2) is 38.1 Å². The Kier molecular flexibility index (Phi) is 5.24. The first kappa shape index (κ1) is 17.4. The summed E-state index contributed by atoms with van der Waals surface area (Å²) in [5.41, 5.74) is 0. The van der Waals surface area contributed by atoms with Crippen LogP contribution in [0.4, 0.5) is 5.13 Å². The Bertz CT molecular complexity index is 790. The summed E-state index contributed by atoms with van der Waals surface area (Å²) in [6.45, 7) is 2.37. The maximum Gasteiger partial charge on any atom is 0.239 e. The Hall–Kier alpha value is -1.42. The lowest BCUT2D eigenvalue weighted by Crippen LogP contribution is -2.35. The highest BCUT2D eigenvalue weighted by atomic mass is 35.5. The third-order valence-corrected chi connectivity index (χ3v) is 5.85. The molecule has 0 atom stereocenters. The number of thiazole rings is 1. The van der Waals surface area contributed by atoms with Gasteiger partial charge in [-0.05, 0) is 24.8 Å². The van der Waals surface area contributed by atoms with Crippen molar-refractivity contribution in [3.8, 4) is 5.88 Å². The quantitative estimate of drug-likeness (QED) is 0.842.